The summed E-state index contributed by atoms with van der Waals surface area (Å²) in [5.41, 5.74) is 4.95. The van der Waals surface area contributed by atoms with Gasteiger partial charge >= 0.3 is 0 Å². The second kappa shape index (κ2) is 6.88. The van der Waals surface area contributed by atoms with Crippen molar-refractivity contribution in [2.75, 3.05) is 18.0 Å². The number of rotatable bonds is 3. The van der Waals surface area contributed by atoms with Crippen LogP contribution in [-0.2, 0) is 0 Å². The third-order valence-electron chi connectivity index (χ3n) is 5.78. The van der Waals surface area contributed by atoms with E-state index in [1.54, 1.807) is 6.20 Å². The Hall–Kier alpha value is -2.86. The predicted molar refractivity (Wildman–Crippen MR) is 121 cm³/mol. The third-order valence-corrected chi connectivity index (χ3v) is 6.31. The molecule has 4 aromatic rings. The van der Waals surface area contributed by atoms with Gasteiger partial charge in [0.25, 0.3) is 5.56 Å². The van der Waals surface area contributed by atoms with E-state index in [0.29, 0.717) is 0 Å². The van der Waals surface area contributed by atoms with Crippen molar-refractivity contribution in [3.63, 3.8) is 0 Å². The lowest BCUT2D eigenvalue weighted by atomic mass is 10.1. The van der Waals surface area contributed by atoms with Gasteiger partial charge in [0.15, 0.2) is 0 Å². The maximum atomic E-state index is 13.3. The molecule has 3 heterocycles. The molecule has 2 aromatic heterocycles. The van der Waals surface area contributed by atoms with E-state index in [9.17, 15) is 4.79 Å². The Labute approximate surface area is 177 Å². The van der Waals surface area contributed by atoms with Crippen LogP contribution in [0.3, 0.4) is 0 Å². The van der Waals surface area contributed by atoms with Crippen LogP contribution in [0.2, 0.25) is 0 Å². The second-order valence-electron chi connectivity index (χ2n) is 7.49. The third kappa shape index (κ3) is 2.90. The molecule has 0 saturated carbocycles. The Morgan fingerprint density at radius 1 is 0.931 bits per heavy atom. The van der Waals surface area contributed by atoms with Crippen LogP contribution in [0.5, 0.6) is 0 Å². The highest BCUT2D eigenvalue weighted by Crippen LogP contribution is 2.29. The van der Waals surface area contributed by atoms with Gasteiger partial charge in [-0.15, -0.1) is 0 Å². The van der Waals surface area contributed by atoms with Crippen molar-refractivity contribution in [2.45, 2.75) is 20.3 Å². The molecular weight excluding hydrogens is 428 g/mol. The van der Waals surface area contributed by atoms with E-state index in [0.717, 1.165) is 51.1 Å². The molecule has 1 saturated heterocycles. The zero-order valence-corrected chi connectivity index (χ0v) is 18.0. The Balaban J connectivity index is 1.69. The Morgan fingerprint density at radius 3 is 2.34 bits per heavy atom. The molecule has 0 unspecified atom stereocenters. The van der Waals surface area contributed by atoms with Crippen LogP contribution in [0.15, 0.2) is 64.0 Å². The Bertz CT molecular complexity index is 1280. The Morgan fingerprint density at radius 2 is 1.66 bits per heavy atom. The SMILES string of the molecule is Cc1c2cnn(-c3ccc(Br)cc3)c(=O)c2c(C)n1-c1cccc(N2CCC2)c1. The number of halogens is 1. The minimum absolute atomic E-state index is 0.0944. The first-order valence-corrected chi connectivity index (χ1v) is 10.5. The fourth-order valence-electron chi connectivity index (χ4n) is 4.12. The van der Waals surface area contributed by atoms with Gasteiger partial charge in [-0.25, -0.2) is 0 Å². The van der Waals surface area contributed by atoms with Crippen molar-refractivity contribution in [2.24, 2.45) is 0 Å². The molecule has 0 spiro atoms. The van der Waals surface area contributed by atoms with E-state index in [1.165, 1.54) is 16.8 Å². The maximum Gasteiger partial charge on any atom is 0.281 e. The largest absolute Gasteiger partial charge is 0.371 e. The Kier molecular flexibility index (Phi) is 4.32. The molecular formula is C23H21BrN4O. The summed E-state index contributed by atoms with van der Waals surface area (Å²) in [6.07, 6.45) is 3.05. The van der Waals surface area contributed by atoms with E-state index in [4.69, 9.17) is 0 Å². The van der Waals surface area contributed by atoms with Gasteiger partial charge in [0, 0.05) is 45.7 Å². The molecule has 0 bridgehead atoms. The van der Waals surface area contributed by atoms with Crippen molar-refractivity contribution >= 4 is 32.4 Å². The molecule has 0 radical (unpaired) electrons. The van der Waals surface area contributed by atoms with Crippen molar-refractivity contribution in [1.82, 2.24) is 14.3 Å². The van der Waals surface area contributed by atoms with E-state index in [2.05, 4.69) is 61.7 Å². The van der Waals surface area contributed by atoms with E-state index in [1.807, 2.05) is 31.2 Å². The lowest BCUT2D eigenvalue weighted by Crippen LogP contribution is -2.36. The van der Waals surface area contributed by atoms with Crippen LogP contribution in [0.1, 0.15) is 17.8 Å². The fourth-order valence-corrected chi connectivity index (χ4v) is 4.38. The van der Waals surface area contributed by atoms with Crippen molar-refractivity contribution in [3.8, 4) is 11.4 Å². The number of aromatic nitrogens is 3. The van der Waals surface area contributed by atoms with Gasteiger partial charge in [-0.05, 0) is 62.7 Å². The summed E-state index contributed by atoms with van der Waals surface area (Å²) in [5.74, 6) is 0. The number of fused-ring (bicyclic) bond motifs is 1. The molecule has 1 aliphatic rings. The molecule has 5 rings (SSSR count). The minimum Gasteiger partial charge on any atom is -0.371 e. The maximum absolute atomic E-state index is 13.3. The normalized spacial score (nSPS) is 13.7. The highest BCUT2D eigenvalue weighted by atomic mass is 79.9. The molecule has 2 aromatic carbocycles. The van der Waals surface area contributed by atoms with Gasteiger partial charge in [-0.3, -0.25) is 4.79 Å². The molecule has 5 nitrogen and oxygen atoms in total. The molecule has 1 aliphatic heterocycles. The van der Waals surface area contributed by atoms with Crippen molar-refractivity contribution in [3.05, 3.63) is 80.9 Å². The number of hydrogen-bond acceptors (Lipinski definition) is 3. The molecule has 146 valence electrons. The monoisotopic (exact) mass is 448 g/mol. The van der Waals surface area contributed by atoms with Crippen LogP contribution in [-0.4, -0.2) is 27.4 Å². The topological polar surface area (TPSA) is 43.1 Å². The first kappa shape index (κ1) is 18.2. The van der Waals surface area contributed by atoms with Gasteiger partial charge in [0.05, 0.1) is 17.3 Å². The average molecular weight is 449 g/mol. The summed E-state index contributed by atoms with van der Waals surface area (Å²) in [6.45, 7) is 6.28. The van der Waals surface area contributed by atoms with Gasteiger partial charge < -0.3 is 9.47 Å². The fraction of sp³-hybridized carbons (Fsp3) is 0.217. The first-order chi connectivity index (χ1) is 14.0. The summed E-state index contributed by atoms with van der Waals surface area (Å²) in [5, 5.41) is 6.07. The number of nitrogens with zero attached hydrogens (tertiary/aromatic N) is 4. The summed E-state index contributed by atoms with van der Waals surface area (Å²) >= 11 is 3.44. The van der Waals surface area contributed by atoms with Crippen LogP contribution in [0.25, 0.3) is 22.1 Å². The van der Waals surface area contributed by atoms with Gasteiger partial charge in [-0.2, -0.15) is 9.78 Å². The molecule has 6 heteroatoms. The molecule has 0 amide bonds. The summed E-state index contributed by atoms with van der Waals surface area (Å²) in [7, 11) is 0. The zero-order valence-electron chi connectivity index (χ0n) is 16.4. The zero-order chi connectivity index (χ0) is 20.1. The first-order valence-electron chi connectivity index (χ1n) is 9.76. The molecule has 29 heavy (non-hydrogen) atoms. The van der Waals surface area contributed by atoms with Gasteiger partial charge in [0.1, 0.15) is 0 Å². The molecule has 1 fully saturated rings. The van der Waals surface area contributed by atoms with Gasteiger partial charge in [0.2, 0.25) is 0 Å². The number of anilines is 1. The quantitative estimate of drug-likeness (QED) is 0.453. The molecule has 0 aliphatic carbocycles. The lowest BCUT2D eigenvalue weighted by Gasteiger charge is -2.33. The number of hydrogen-bond donors (Lipinski definition) is 0. The van der Waals surface area contributed by atoms with Crippen LogP contribution in [0, 0.1) is 13.8 Å². The van der Waals surface area contributed by atoms with E-state index in [-0.39, 0.29) is 5.56 Å². The van der Waals surface area contributed by atoms with Crippen LogP contribution >= 0.6 is 15.9 Å². The lowest BCUT2D eigenvalue weighted by molar-refractivity contribution is 0.617. The predicted octanol–water partition coefficient (Wildman–Crippen LogP) is 4.77. The summed E-state index contributed by atoms with van der Waals surface area (Å²) < 4.78 is 4.61. The van der Waals surface area contributed by atoms with Crippen molar-refractivity contribution < 1.29 is 0 Å². The van der Waals surface area contributed by atoms with Gasteiger partial charge in [-0.1, -0.05) is 22.0 Å². The smallest absolute Gasteiger partial charge is 0.281 e. The summed E-state index contributed by atoms with van der Waals surface area (Å²) in [4.78, 5) is 15.7. The molecule has 0 atom stereocenters. The highest BCUT2D eigenvalue weighted by Gasteiger charge is 2.19. The average Bonchev–Trinajstić information content (AvgIpc) is 2.93. The van der Waals surface area contributed by atoms with Crippen LogP contribution < -0.4 is 10.5 Å². The van der Waals surface area contributed by atoms with Crippen molar-refractivity contribution in [1.29, 1.82) is 0 Å². The number of benzene rings is 2. The standard InChI is InChI=1S/C23H21BrN4O/c1-15-21-14-25-28(18-9-7-17(24)8-10-18)23(29)22(21)16(2)27(15)20-6-3-5-19(13-20)26-11-4-12-26/h3,5-10,13-14H,4,11-12H2,1-2H3. The second-order valence-corrected chi connectivity index (χ2v) is 8.41. The summed E-state index contributed by atoms with van der Waals surface area (Å²) in [6, 6.07) is 16.2. The number of aryl methyl sites for hydroxylation is 2. The van der Waals surface area contributed by atoms with Crippen LogP contribution in [0.4, 0.5) is 5.69 Å². The van der Waals surface area contributed by atoms with E-state index >= 15 is 0 Å². The minimum atomic E-state index is -0.0944. The highest BCUT2D eigenvalue weighted by molar-refractivity contribution is 9.10. The van der Waals surface area contributed by atoms with E-state index < -0.39 is 0 Å². The molecule has 0 N–H and O–H groups in total.